The Kier molecular flexibility index (Phi) is 5.59. The van der Waals surface area contributed by atoms with E-state index in [-0.39, 0.29) is 17.6 Å². The van der Waals surface area contributed by atoms with Gasteiger partial charge in [0.1, 0.15) is 29.2 Å². The van der Waals surface area contributed by atoms with Crippen molar-refractivity contribution < 1.29 is 18.7 Å². The molecule has 2 heterocycles. The van der Waals surface area contributed by atoms with Crippen LogP contribution in [0.3, 0.4) is 0 Å². The minimum Gasteiger partial charge on any atom is -0.488 e. The maximum absolute atomic E-state index is 12.8. The van der Waals surface area contributed by atoms with Crippen molar-refractivity contribution in [3.8, 4) is 5.75 Å². The standard InChI is InChI=1S/C16H18FN3O3/c1-10-6-13(23-11(2)9-22-3)7-14(19-10)16(21)20-15-5-4-12(17)8-18-15/h4-8,11H,9H2,1-3H3,(H,18,20,21)/t11-/m0/s1. The van der Waals surface area contributed by atoms with Gasteiger partial charge in [0.05, 0.1) is 12.8 Å². The number of methoxy groups -OCH3 is 1. The van der Waals surface area contributed by atoms with Gasteiger partial charge in [0.2, 0.25) is 0 Å². The summed E-state index contributed by atoms with van der Waals surface area (Å²) in [5.41, 5.74) is 0.833. The highest BCUT2D eigenvalue weighted by molar-refractivity contribution is 6.02. The molecule has 1 amide bonds. The number of carbonyl (C=O) groups excluding carboxylic acids is 1. The van der Waals surface area contributed by atoms with Gasteiger partial charge in [0.15, 0.2) is 0 Å². The third-order valence-electron chi connectivity index (χ3n) is 2.87. The van der Waals surface area contributed by atoms with Gasteiger partial charge in [-0.2, -0.15) is 0 Å². The highest BCUT2D eigenvalue weighted by Gasteiger charge is 2.13. The molecule has 0 bridgehead atoms. The van der Waals surface area contributed by atoms with E-state index in [0.29, 0.717) is 18.1 Å². The van der Waals surface area contributed by atoms with Crippen LogP contribution in [0.2, 0.25) is 0 Å². The van der Waals surface area contributed by atoms with E-state index >= 15 is 0 Å². The smallest absolute Gasteiger partial charge is 0.275 e. The summed E-state index contributed by atoms with van der Waals surface area (Å²) >= 11 is 0. The average molecular weight is 319 g/mol. The fourth-order valence-corrected chi connectivity index (χ4v) is 1.95. The number of amides is 1. The molecule has 2 aromatic heterocycles. The molecule has 2 rings (SSSR count). The number of hydrogen-bond acceptors (Lipinski definition) is 5. The Balaban J connectivity index is 2.13. The van der Waals surface area contributed by atoms with Crippen molar-refractivity contribution in [3.63, 3.8) is 0 Å². The van der Waals surface area contributed by atoms with Gasteiger partial charge in [-0.15, -0.1) is 0 Å². The fourth-order valence-electron chi connectivity index (χ4n) is 1.95. The van der Waals surface area contributed by atoms with Gasteiger partial charge in [-0.25, -0.2) is 14.4 Å². The van der Waals surface area contributed by atoms with Crippen LogP contribution in [0, 0.1) is 12.7 Å². The van der Waals surface area contributed by atoms with Gasteiger partial charge in [0, 0.05) is 24.9 Å². The van der Waals surface area contributed by atoms with Crippen molar-refractivity contribution in [2.45, 2.75) is 20.0 Å². The lowest BCUT2D eigenvalue weighted by molar-refractivity contribution is 0.0915. The second-order valence-electron chi connectivity index (χ2n) is 5.03. The largest absolute Gasteiger partial charge is 0.488 e. The molecule has 122 valence electrons. The molecule has 0 saturated carbocycles. The van der Waals surface area contributed by atoms with E-state index < -0.39 is 11.7 Å². The molecule has 7 heteroatoms. The molecule has 0 fully saturated rings. The number of pyridine rings is 2. The van der Waals surface area contributed by atoms with Crippen LogP contribution in [0.4, 0.5) is 10.2 Å². The van der Waals surface area contributed by atoms with Crippen LogP contribution in [0.15, 0.2) is 30.5 Å². The number of aromatic nitrogens is 2. The third kappa shape index (κ3) is 5.00. The maximum Gasteiger partial charge on any atom is 0.275 e. The quantitative estimate of drug-likeness (QED) is 0.886. The van der Waals surface area contributed by atoms with Crippen molar-refractivity contribution in [2.75, 3.05) is 19.0 Å². The summed E-state index contributed by atoms with van der Waals surface area (Å²) in [6.07, 6.45) is 0.872. The van der Waals surface area contributed by atoms with Crippen LogP contribution in [0.5, 0.6) is 5.75 Å². The Bertz CT molecular complexity index is 677. The second-order valence-corrected chi connectivity index (χ2v) is 5.03. The van der Waals surface area contributed by atoms with Crippen molar-refractivity contribution in [3.05, 3.63) is 47.7 Å². The summed E-state index contributed by atoms with van der Waals surface area (Å²) in [7, 11) is 1.59. The number of hydrogen-bond donors (Lipinski definition) is 1. The monoisotopic (exact) mass is 319 g/mol. The summed E-state index contributed by atoms with van der Waals surface area (Å²) in [6, 6.07) is 5.87. The summed E-state index contributed by atoms with van der Waals surface area (Å²) < 4.78 is 23.5. The third-order valence-corrected chi connectivity index (χ3v) is 2.87. The summed E-state index contributed by atoms with van der Waals surface area (Å²) in [4.78, 5) is 20.2. The number of ether oxygens (including phenoxy) is 2. The Hall–Kier alpha value is -2.54. The van der Waals surface area contributed by atoms with Gasteiger partial charge in [-0.05, 0) is 26.0 Å². The molecular formula is C16H18FN3O3. The lowest BCUT2D eigenvalue weighted by Gasteiger charge is -2.14. The number of carbonyl (C=O) groups is 1. The van der Waals surface area contributed by atoms with Crippen LogP contribution in [0.1, 0.15) is 23.1 Å². The van der Waals surface area contributed by atoms with Gasteiger partial charge in [-0.3, -0.25) is 4.79 Å². The van der Waals surface area contributed by atoms with Gasteiger partial charge in [-0.1, -0.05) is 0 Å². The van der Waals surface area contributed by atoms with E-state index in [1.165, 1.54) is 18.2 Å². The Labute approximate surface area is 133 Å². The zero-order chi connectivity index (χ0) is 16.8. The molecule has 6 nitrogen and oxygen atoms in total. The first-order valence-corrected chi connectivity index (χ1v) is 7.05. The van der Waals surface area contributed by atoms with E-state index in [2.05, 4.69) is 15.3 Å². The van der Waals surface area contributed by atoms with Crippen LogP contribution < -0.4 is 10.1 Å². The van der Waals surface area contributed by atoms with Crippen LogP contribution in [0.25, 0.3) is 0 Å². The Morgan fingerprint density at radius 2 is 2.17 bits per heavy atom. The van der Waals surface area contributed by atoms with E-state index in [4.69, 9.17) is 9.47 Å². The lowest BCUT2D eigenvalue weighted by atomic mass is 10.2. The average Bonchev–Trinajstić information content (AvgIpc) is 2.49. The van der Waals surface area contributed by atoms with Crippen LogP contribution >= 0.6 is 0 Å². The van der Waals surface area contributed by atoms with E-state index in [9.17, 15) is 9.18 Å². The Morgan fingerprint density at radius 1 is 1.39 bits per heavy atom. The highest BCUT2D eigenvalue weighted by atomic mass is 19.1. The van der Waals surface area contributed by atoms with E-state index in [1.54, 1.807) is 20.1 Å². The SMILES string of the molecule is COC[C@H](C)Oc1cc(C)nc(C(=O)Nc2ccc(F)cn2)c1. The number of aryl methyl sites for hydroxylation is 1. The highest BCUT2D eigenvalue weighted by Crippen LogP contribution is 2.17. The van der Waals surface area contributed by atoms with Crippen molar-refractivity contribution >= 4 is 11.7 Å². The first-order chi connectivity index (χ1) is 11.0. The van der Waals surface area contributed by atoms with Gasteiger partial charge >= 0.3 is 0 Å². The molecule has 0 aromatic carbocycles. The Morgan fingerprint density at radius 3 is 2.83 bits per heavy atom. The normalized spacial score (nSPS) is 11.8. The fraction of sp³-hybridized carbons (Fsp3) is 0.312. The lowest BCUT2D eigenvalue weighted by Crippen LogP contribution is -2.19. The summed E-state index contributed by atoms with van der Waals surface area (Å²) in [6.45, 7) is 4.06. The molecule has 0 aliphatic carbocycles. The molecule has 0 spiro atoms. The number of nitrogens with zero attached hydrogens (tertiary/aromatic N) is 2. The first kappa shape index (κ1) is 16.8. The number of anilines is 1. The van der Waals surface area contributed by atoms with Crippen molar-refractivity contribution in [1.82, 2.24) is 9.97 Å². The minimum absolute atomic E-state index is 0.156. The zero-order valence-electron chi connectivity index (χ0n) is 13.2. The molecule has 1 atom stereocenters. The van der Waals surface area contributed by atoms with E-state index in [1.807, 2.05) is 6.92 Å². The predicted molar refractivity (Wildman–Crippen MR) is 83.1 cm³/mol. The number of rotatable bonds is 6. The summed E-state index contributed by atoms with van der Waals surface area (Å²) in [5.74, 6) is -0.147. The van der Waals surface area contributed by atoms with Gasteiger partial charge < -0.3 is 14.8 Å². The van der Waals surface area contributed by atoms with Crippen LogP contribution in [-0.4, -0.2) is 35.7 Å². The molecule has 0 radical (unpaired) electrons. The molecule has 2 aromatic rings. The summed E-state index contributed by atoms with van der Waals surface area (Å²) in [5, 5.41) is 2.56. The number of halogens is 1. The molecule has 1 N–H and O–H groups in total. The molecule has 0 unspecified atom stereocenters. The van der Waals surface area contributed by atoms with E-state index in [0.717, 1.165) is 6.20 Å². The van der Waals surface area contributed by atoms with Crippen molar-refractivity contribution in [2.24, 2.45) is 0 Å². The van der Waals surface area contributed by atoms with Gasteiger partial charge in [0.25, 0.3) is 5.91 Å². The molecule has 0 aliphatic rings. The van der Waals surface area contributed by atoms with Crippen molar-refractivity contribution in [1.29, 1.82) is 0 Å². The topological polar surface area (TPSA) is 73.3 Å². The second kappa shape index (κ2) is 7.64. The molecule has 0 aliphatic heterocycles. The molecule has 0 saturated heterocycles. The van der Waals surface area contributed by atoms with Crippen LogP contribution in [-0.2, 0) is 4.74 Å². The minimum atomic E-state index is -0.473. The predicted octanol–water partition coefficient (Wildman–Crippen LogP) is 2.59. The maximum atomic E-state index is 12.8. The first-order valence-electron chi connectivity index (χ1n) is 7.05. The molecular weight excluding hydrogens is 301 g/mol. The number of nitrogens with one attached hydrogen (secondary N) is 1. The zero-order valence-corrected chi connectivity index (χ0v) is 13.2. The molecule has 23 heavy (non-hydrogen) atoms.